The molecule has 0 aliphatic carbocycles. The molecule has 0 spiro atoms. The predicted octanol–water partition coefficient (Wildman–Crippen LogP) is 28.4. The number of allylic oxidation sites excluding steroid dienone is 30. The Labute approximate surface area is 713 Å². The summed E-state index contributed by atoms with van der Waals surface area (Å²) in [5, 5.41) is 20.7. The summed E-state index contributed by atoms with van der Waals surface area (Å²) in [5.41, 5.74) is 0. The Morgan fingerprint density at radius 1 is 0.248 bits per heavy atom. The van der Waals surface area contributed by atoms with Crippen LogP contribution in [-0.2, 0) is 55.8 Å². The molecule has 0 amide bonds. The molecule has 0 heterocycles. The molecule has 0 fully saturated rings. The highest BCUT2D eigenvalue weighted by Gasteiger charge is 2.29. The summed E-state index contributed by atoms with van der Waals surface area (Å²) < 4.78 is 61.4. The van der Waals surface area contributed by atoms with Crippen LogP contribution in [0.4, 0.5) is 0 Å². The SMILES string of the molecule is CC/C=C\C/C=C\C/C=C\C/C=C\C/C=C\C/C=C\CCCCCCCCCCCCCCCCCCC(=O)OCC(O)COP(=O)(O)OCC(O)COP(=O)(O)OCC(COC(=O)CCCCCCCCCCC/C=C\C/C=C\C/C=C\C/C=C\CCCCC)OC(=O)CCCCCCC/C=C\C/C=C\C/C=C\C/C=C\C/C=C\CC. The van der Waals surface area contributed by atoms with E-state index in [-0.39, 0.29) is 19.3 Å². The molecule has 0 radical (unpaired) electrons. The van der Waals surface area contributed by atoms with Crippen LogP contribution in [0.15, 0.2) is 182 Å². The number of aliphatic hydroxyl groups is 2. The summed E-state index contributed by atoms with van der Waals surface area (Å²) in [5.74, 6) is -1.60. The van der Waals surface area contributed by atoms with E-state index in [1.54, 1.807) is 0 Å². The average molecular weight is 1670 g/mol. The zero-order valence-electron chi connectivity index (χ0n) is 73.6. The number of aliphatic hydroxyl groups excluding tert-OH is 2. The third-order valence-electron chi connectivity index (χ3n) is 19.1. The van der Waals surface area contributed by atoms with Gasteiger partial charge in [0.2, 0.25) is 0 Å². The van der Waals surface area contributed by atoms with Gasteiger partial charge in [0.15, 0.2) is 6.10 Å². The van der Waals surface area contributed by atoms with Crippen LogP contribution in [0.5, 0.6) is 0 Å². The number of phosphoric ester groups is 2. The van der Waals surface area contributed by atoms with E-state index < -0.39 is 91.5 Å². The van der Waals surface area contributed by atoms with Gasteiger partial charge >= 0.3 is 33.6 Å². The first kappa shape index (κ1) is 112. The lowest BCUT2D eigenvalue weighted by Gasteiger charge is -2.21. The minimum Gasteiger partial charge on any atom is -0.463 e. The number of esters is 3. The maximum absolute atomic E-state index is 13.1. The molecule has 668 valence electrons. The summed E-state index contributed by atoms with van der Waals surface area (Å²) >= 11 is 0. The Bertz CT molecular complexity index is 2860. The number of rotatable bonds is 86. The molecule has 0 aromatic rings. The molecule has 18 heteroatoms. The van der Waals surface area contributed by atoms with Crippen LogP contribution in [0.2, 0.25) is 0 Å². The van der Waals surface area contributed by atoms with Crippen molar-refractivity contribution in [2.45, 2.75) is 386 Å². The van der Waals surface area contributed by atoms with Gasteiger partial charge in [0.1, 0.15) is 25.4 Å². The summed E-state index contributed by atoms with van der Waals surface area (Å²) in [6, 6.07) is 0. The molecule has 5 unspecified atom stereocenters. The van der Waals surface area contributed by atoms with Crippen LogP contribution in [0, 0.1) is 0 Å². The van der Waals surface area contributed by atoms with Gasteiger partial charge in [0, 0.05) is 19.3 Å². The molecule has 0 rings (SSSR count). The van der Waals surface area contributed by atoms with Gasteiger partial charge in [-0.15, -0.1) is 0 Å². The Morgan fingerprint density at radius 2 is 0.453 bits per heavy atom. The van der Waals surface area contributed by atoms with Crippen molar-refractivity contribution in [1.82, 2.24) is 0 Å². The van der Waals surface area contributed by atoms with Gasteiger partial charge in [0.05, 0.1) is 26.4 Å². The summed E-state index contributed by atoms with van der Waals surface area (Å²) in [6.07, 6.45) is 118. The monoisotopic (exact) mass is 1670 g/mol. The molecule has 5 atom stereocenters. The molecular weight excluding hydrogens is 1510 g/mol. The molecule has 0 aromatic heterocycles. The molecule has 117 heavy (non-hydrogen) atoms. The summed E-state index contributed by atoms with van der Waals surface area (Å²) in [6.45, 7) is 2.43. The van der Waals surface area contributed by atoms with Gasteiger partial charge in [-0.25, -0.2) is 9.13 Å². The number of hydrogen-bond acceptors (Lipinski definition) is 14. The fourth-order valence-corrected chi connectivity index (χ4v) is 13.8. The van der Waals surface area contributed by atoms with Crippen LogP contribution in [0.25, 0.3) is 0 Å². The van der Waals surface area contributed by atoms with Crippen LogP contribution < -0.4 is 0 Å². The normalized spacial score (nSPS) is 14.6. The zero-order valence-corrected chi connectivity index (χ0v) is 75.4. The number of hydrogen-bond donors (Lipinski definition) is 4. The smallest absolute Gasteiger partial charge is 0.463 e. The number of phosphoric acid groups is 2. The zero-order chi connectivity index (χ0) is 85.1. The lowest BCUT2D eigenvalue weighted by atomic mass is 10.0. The predicted molar refractivity (Wildman–Crippen MR) is 491 cm³/mol. The summed E-state index contributed by atoms with van der Waals surface area (Å²) in [4.78, 5) is 59.0. The van der Waals surface area contributed by atoms with Gasteiger partial charge in [-0.3, -0.25) is 32.5 Å². The second-order valence-electron chi connectivity index (χ2n) is 30.3. The number of carbonyl (C=O) groups excluding carboxylic acids is 3. The van der Waals surface area contributed by atoms with Crippen molar-refractivity contribution >= 4 is 33.6 Å². The molecule has 0 saturated carbocycles. The van der Waals surface area contributed by atoms with E-state index in [0.29, 0.717) is 19.3 Å². The second kappa shape index (κ2) is 89.9. The molecular formula is C99H166O16P2. The highest BCUT2D eigenvalue weighted by atomic mass is 31.2. The molecule has 0 aliphatic heterocycles. The molecule has 0 aliphatic rings. The van der Waals surface area contributed by atoms with Gasteiger partial charge in [0.25, 0.3) is 0 Å². The van der Waals surface area contributed by atoms with Crippen LogP contribution >= 0.6 is 15.6 Å². The quantitative estimate of drug-likeness (QED) is 0.0146. The van der Waals surface area contributed by atoms with Gasteiger partial charge < -0.3 is 34.2 Å². The fourth-order valence-electron chi connectivity index (χ4n) is 12.2. The van der Waals surface area contributed by atoms with Crippen LogP contribution in [0.1, 0.15) is 367 Å². The van der Waals surface area contributed by atoms with Crippen LogP contribution in [0.3, 0.4) is 0 Å². The lowest BCUT2D eigenvalue weighted by molar-refractivity contribution is -0.161. The highest BCUT2D eigenvalue weighted by molar-refractivity contribution is 7.47. The number of ether oxygens (including phenoxy) is 3. The van der Waals surface area contributed by atoms with Crippen molar-refractivity contribution in [2.24, 2.45) is 0 Å². The highest BCUT2D eigenvalue weighted by Crippen LogP contribution is 2.45. The average Bonchev–Trinajstić information content (AvgIpc) is 0.900. The van der Waals surface area contributed by atoms with Crippen LogP contribution in [-0.4, -0.2) is 95.9 Å². The van der Waals surface area contributed by atoms with E-state index in [4.69, 9.17) is 32.3 Å². The number of carbonyl (C=O) groups is 3. The van der Waals surface area contributed by atoms with E-state index in [0.717, 1.165) is 173 Å². The minimum absolute atomic E-state index is 0.0759. The molecule has 4 N–H and O–H groups in total. The van der Waals surface area contributed by atoms with Crippen molar-refractivity contribution < 1.29 is 75.8 Å². The minimum atomic E-state index is -4.95. The molecule has 0 aromatic carbocycles. The Balaban J connectivity index is 4.56. The second-order valence-corrected chi connectivity index (χ2v) is 33.2. The van der Waals surface area contributed by atoms with E-state index in [9.17, 15) is 43.5 Å². The van der Waals surface area contributed by atoms with Crippen molar-refractivity contribution in [2.75, 3.05) is 39.6 Å². The van der Waals surface area contributed by atoms with Crippen molar-refractivity contribution in [1.29, 1.82) is 0 Å². The summed E-state index contributed by atoms with van der Waals surface area (Å²) in [7, 11) is -9.82. The Morgan fingerprint density at radius 3 is 0.718 bits per heavy atom. The van der Waals surface area contributed by atoms with E-state index in [2.05, 4.69) is 203 Å². The van der Waals surface area contributed by atoms with E-state index in [1.807, 2.05) is 0 Å². The van der Waals surface area contributed by atoms with Crippen molar-refractivity contribution in [3.05, 3.63) is 182 Å². The van der Waals surface area contributed by atoms with Crippen molar-refractivity contribution in [3.63, 3.8) is 0 Å². The van der Waals surface area contributed by atoms with E-state index >= 15 is 0 Å². The van der Waals surface area contributed by atoms with E-state index in [1.165, 1.54) is 135 Å². The topological polar surface area (TPSA) is 231 Å². The van der Waals surface area contributed by atoms with Crippen molar-refractivity contribution in [3.8, 4) is 0 Å². The maximum atomic E-state index is 13.1. The van der Waals surface area contributed by atoms with Gasteiger partial charge in [-0.05, 0) is 161 Å². The molecule has 16 nitrogen and oxygen atoms in total. The Kier molecular flexibility index (Phi) is 85.8. The standard InChI is InChI=1S/C99H166O16P2/c1-4-7-10-13-16-19-22-25-28-31-34-37-39-41-42-43-44-45-46-47-48-49-50-52-54-56-58-61-64-67-70-73-76-79-82-85-97(102)109-88-94(100)89-111-116(105,106)112-90-95(101)91-113-117(107,108)114-93-96(115-99(104)87-84-81-78-75-72-69-66-63-60-55-36-33-30-27-24-21-18-15-12-9-6-3)92-110-98(103)86-83-80-77-74-71-68-65-62-59-57-53-51-40-38-35-32-29-26-23-20-17-14-11-8-5-2/h7,9-10,12,16-21,25-30,34-38,41-42,44-45,51,53,55,63,66,94-96,100-101H,4-6,8,11,13-15,22-24,31-33,39-40,43,46-50,52,54,56-62,64-65,67-93H2,1-3H3,(H,105,106)(H,107,108)/b10-7-,12-9-,19-16-,20-17-,21-18-,28-25-,29-26-,30-27-,37-34-,38-35-,42-41-,45-44-,53-51-,55-36-,66-63-. The largest absolute Gasteiger partial charge is 0.472 e. The van der Waals surface area contributed by atoms with Gasteiger partial charge in [-0.1, -0.05) is 370 Å². The third-order valence-corrected chi connectivity index (χ3v) is 21.0. The third kappa shape index (κ3) is 91.2. The first-order valence-electron chi connectivity index (χ1n) is 46.1. The first-order valence-corrected chi connectivity index (χ1v) is 49.1. The number of unbranched alkanes of at least 4 members (excludes halogenated alkanes) is 33. The fraction of sp³-hybridized carbons (Fsp3) is 0.667. The molecule has 0 bridgehead atoms. The van der Waals surface area contributed by atoms with Gasteiger partial charge in [-0.2, -0.15) is 0 Å². The Hall–Kier alpha value is -5.35. The maximum Gasteiger partial charge on any atom is 0.472 e. The molecule has 0 saturated heterocycles. The lowest BCUT2D eigenvalue weighted by Crippen LogP contribution is -2.30. The first-order chi connectivity index (χ1) is 57.2.